The lowest BCUT2D eigenvalue weighted by Crippen LogP contribution is -2.10. The molecule has 0 unspecified atom stereocenters. The van der Waals surface area contributed by atoms with Gasteiger partial charge in [0.05, 0.1) is 5.56 Å². The van der Waals surface area contributed by atoms with Crippen LogP contribution in [0, 0.1) is 0 Å². The Morgan fingerprint density at radius 2 is 1.83 bits per heavy atom. The Hall–Kier alpha value is -2.09. The van der Waals surface area contributed by atoms with E-state index < -0.39 is 0 Å². The van der Waals surface area contributed by atoms with Crippen LogP contribution in [-0.2, 0) is 17.6 Å². The second-order valence-electron chi connectivity index (χ2n) is 3.82. The lowest BCUT2D eigenvalue weighted by atomic mass is 9.96. The first-order valence-electron chi connectivity index (χ1n) is 5.85. The Labute approximate surface area is 108 Å². The first kappa shape index (κ1) is 14.0. The third kappa shape index (κ3) is 3.45. The van der Waals surface area contributed by atoms with Gasteiger partial charge in [0.2, 0.25) is 0 Å². The molecule has 18 heavy (non-hydrogen) atoms. The van der Waals surface area contributed by atoms with E-state index in [1.165, 1.54) is 0 Å². The summed E-state index contributed by atoms with van der Waals surface area (Å²) in [5, 5.41) is 0. The summed E-state index contributed by atoms with van der Waals surface area (Å²) in [5.41, 5.74) is 2.63. The van der Waals surface area contributed by atoms with Gasteiger partial charge in [0.1, 0.15) is 6.61 Å². The maximum Gasteiger partial charge on any atom is 0.338 e. The zero-order valence-corrected chi connectivity index (χ0v) is 10.5. The van der Waals surface area contributed by atoms with E-state index in [1.54, 1.807) is 18.2 Å². The molecule has 0 fully saturated rings. The van der Waals surface area contributed by atoms with E-state index in [0.717, 1.165) is 17.5 Å². The number of carbonyl (C=O) groups excluding carboxylic acids is 1. The van der Waals surface area contributed by atoms with Gasteiger partial charge in [0.15, 0.2) is 0 Å². The Morgan fingerprint density at radius 1 is 1.11 bits per heavy atom. The van der Waals surface area contributed by atoms with Crippen molar-refractivity contribution < 1.29 is 9.53 Å². The molecule has 1 aromatic carbocycles. The molecule has 0 N–H and O–H groups in total. The summed E-state index contributed by atoms with van der Waals surface area (Å²) < 4.78 is 5.08. The minimum atomic E-state index is -0.322. The van der Waals surface area contributed by atoms with E-state index in [0.29, 0.717) is 12.0 Å². The van der Waals surface area contributed by atoms with Crippen molar-refractivity contribution in [3.05, 3.63) is 72.9 Å². The molecule has 0 saturated heterocycles. The van der Waals surface area contributed by atoms with Crippen molar-refractivity contribution in [3.8, 4) is 0 Å². The van der Waals surface area contributed by atoms with Gasteiger partial charge < -0.3 is 4.74 Å². The van der Waals surface area contributed by atoms with Crippen LogP contribution in [0.4, 0.5) is 0 Å². The number of ether oxygens (including phenoxy) is 1. The van der Waals surface area contributed by atoms with E-state index >= 15 is 0 Å². The van der Waals surface area contributed by atoms with Gasteiger partial charge in [-0.05, 0) is 30.0 Å². The normalized spacial score (nSPS) is 9.56. The lowest BCUT2D eigenvalue weighted by molar-refractivity contribution is 0.0548. The van der Waals surface area contributed by atoms with Crippen molar-refractivity contribution in [1.82, 2.24) is 0 Å². The number of rotatable bonds is 7. The first-order valence-corrected chi connectivity index (χ1v) is 5.85. The maximum atomic E-state index is 11.9. The first-order chi connectivity index (χ1) is 8.74. The summed E-state index contributed by atoms with van der Waals surface area (Å²) >= 11 is 0. The molecule has 94 valence electrons. The fourth-order valence-electron chi connectivity index (χ4n) is 1.77. The van der Waals surface area contributed by atoms with Crippen LogP contribution in [0.1, 0.15) is 21.5 Å². The molecule has 0 aliphatic rings. The van der Waals surface area contributed by atoms with Crippen molar-refractivity contribution in [2.24, 2.45) is 0 Å². The zero-order chi connectivity index (χ0) is 13.4. The fraction of sp³-hybridized carbons (Fsp3) is 0.188. The molecule has 0 heterocycles. The highest BCUT2D eigenvalue weighted by atomic mass is 16.5. The van der Waals surface area contributed by atoms with Crippen LogP contribution in [0.3, 0.4) is 0 Å². The molecule has 2 heteroatoms. The minimum Gasteiger partial charge on any atom is -0.458 e. The molecule has 0 saturated carbocycles. The Morgan fingerprint density at radius 3 is 2.44 bits per heavy atom. The quantitative estimate of drug-likeness (QED) is 0.540. The van der Waals surface area contributed by atoms with E-state index in [-0.39, 0.29) is 12.6 Å². The molecule has 0 aliphatic heterocycles. The molecule has 0 atom stereocenters. The molecule has 0 aromatic heterocycles. The average molecular weight is 242 g/mol. The van der Waals surface area contributed by atoms with Crippen LogP contribution in [0.2, 0.25) is 0 Å². The van der Waals surface area contributed by atoms with Crippen LogP contribution in [0.5, 0.6) is 0 Å². The maximum absolute atomic E-state index is 11.9. The summed E-state index contributed by atoms with van der Waals surface area (Å²) in [4.78, 5) is 11.9. The average Bonchev–Trinajstić information content (AvgIpc) is 2.38. The van der Waals surface area contributed by atoms with E-state index in [9.17, 15) is 4.79 Å². The predicted octanol–water partition coefficient (Wildman–Crippen LogP) is 3.49. The minimum absolute atomic E-state index is 0.220. The summed E-state index contributed by atoms with van der Waals surface area (Å²) in [6.45, 7) is 11.2. The smallest absolute Gasteiger partial charge is 0.338 e. The topological polar surface area (TPSA) is 26.3 Å². The molecule has 0 bridgehead atoms. The molecule has 2 nitrogen and oxygen atoms in total. The molecular formula is C16H18O2. The summed E-state index contributed by atoms with van der Waals surface area (Å²) in [6, 6.07) is 5.62. The van der Waals surface area contributed by atoms with Crippen LogP contribution < -0.4 is 0 Å². The van der Waals surface area contributed by atoms with Crippen LogP contribution in [0.15, 0.2) is 56.2 Å². The van der Waals surface area contributed by atoms with Crippen molar-refractivity contribution >= 4 is 5.97 Å². The molecule has 0 amide bonds. The summed E-state index contributed by atoms with van der Waals surface area (Å²) in [6.07, 6.45) is 6.53. The van der Waals surface area contributed by atoms with Gasteiger partial charge in [-0.2, -0.15) is 0 Å². The molecular weight excluding hydrogens is 224 g/mol. The van der Waals surface area contributed by atoms with E-state index in [1.807, 2.05) is 18.2 Å². The van der Waals surface area contributed by atoms with Crippen LogP contribution in [-0.4, -0.2) is 12.6 Å². The lowest BCUT2D eigenvalue weighted by Gasteiger charge is -2.11. The number of esters is 1. The third-order valence-corrected chi connectivity index (χ3v) is 2.54. The van der Waals surface area contributed by atoms with E-state index in [4.69, 9.17) is 4.74 Å². The third-order valence-electron chi connectivity index (χ3n) is 2.54. The van der Waals surface area contributed by atoms with Gasteiger partial charge >= 0.3 is 5.97 Å². The van der Waals surface area contributed by atoms with Crippen LogP contribution >= 0.6 is 0 Å². The molecule has 1 rings (SSSR count). The summed E-state index contributed by atoms with van der Waals surface area (Å²) in [5.74, 6) is -0.322. The monoisotopic (exact) mass is 242 g/mol. The molecule has 0 radical (unpaired) electrons. The van der Waals surface area contributed by atoms with Gasteiger partial charge in [-0.25, -0.2) is 4.79 Å². The van der Waals surface area contributed by atoms with Crippen molar-refractivity contribution in [3.63, 3.8) is 0 Å². The molecule has 1 aromatic rings. The predicted molar refractivity (Wildman–Crippen MR) is 74.7 cm³/mol. The van der Waals surface area contributed by atoms with Crippen molar-refractivity contribution in [2.75, 3.05) is 6.61 Å². The van der Waals surface area contributed by atoms with Gasteiger partial charge in [-0.1, -0.05) is 36.9 Å². The molecule has 0 spiro atoms. The number of allylic oxidation sites excluding steroid dienone is 2. The second kappa shape index (κ2) is 7.28. The highest BCUT2D eigenvalue weighted by Gasteiger charge is 2.14. The van der Waals surface area contributed by atoms with Crippen molar-refractivity contribution in [2.45, 2.75) is 12.8 Å². The highest BCUT2D eigenvalue weighted by Crippen LogP contribution is 2.18. The van der Waals surface area contributed by atoms with Gasteiger partial charge in [-0.3, -0.25) is 0 Å². The Kier molecular flexibility index (Phi) is 5.65. The SMILES string of the molecule is C=CCOC(=O)c1cccc(CC=C)c1CC=C. The number of hydrogen-bond donors (Lipinski definition) is 0. The number of benzene rings is 1. The Bertz CT molecular complexity index is 458. The molecule has 0 aliphatic carbocycles. The largest absolute Gasteiger partial charge is 0.458 e. The van der Waals surface area contributed by atoms with Crippen LogP contribution in [0.25, 0.3) is 0 Å². The summed E-state index contributed by atoms with van der Waals surface area (Å²) in [7, 11) is 0. The van der Waals surface area contributed by atoms with E-state index in [2.05, 4.69) is 19.7 Å². The van der Waals surface area contributed by atoms with Gasteiger partial charge in [0.25, 0.3) is 0 Å². The van der Waals surface area contributed by atoms with Gasteiger partial charge in [0, 0.05) is 0 Å². The highest BCUT2D eigenvalue weighted by molar-refractivity contribution is 5.91. The number of hydrogen-bond acceptors (Lipinski definition) is 2. The number of carbonyl (C=O) groups is 1. The Balaban J connectivity index is 3.11. The van der Waals surface area contributed by atoms with Crippen molar-refractivity contribution in [1.29, 1.82) is 0 Å². The zero-order valence-electron chi connectivity index (χ0n) is 10.5. The van der Waals surface area contributed by atoms with Gasteiger partial charge in [-0.15, -0.1) is 13.2 Å². The standard InChI is InChI=1S/C16H18O2/c1-4-8-13-10-7-11-15(14(13)9-5-2)16(17)18-12-6-3/h4-7,10-11H,1-3,8-9,12H2. The second-order valence-corrected chi connectivity index (χ2v) is 3.82. The fourth-order valence-corrected chi connectivity index (χ4v) is 1.77.